The number of nitrogens with zero attached hydrogens (tertiary/aromatic N) is 1. The first kappa shape index (κ1) is 12.9. The fraction of sp³-hybridized carbons (Fsp3) is 1.00. The van der Waals surface area contributed by atoms with Gasteiger partial charge in [-0.05, 0) is 25.4 Å². The van der Waals surface area contributed by atoms with Gasteiger partial charge in [0.05, 0.1) is 12.7 Å². The van der Waals surface area contributed by atoms with Crippen molar-refractivity contribution in [2.45, 2.75) is 33.3 Å². The molecule has 0 saturated carbocycles. The van der Waals surface area contributed by atoms with Crippen LogP contribution in [0.3, 0.4) is 0 Å². The first-order valence-electron chi connectivity index (χ1n) is 6.27. The summed E-state index contributed by atoms with van der Waals surface area (Å²) in [5.41, 5.74) is 0. The molecule has 0 amide bonds. The molecule has 0 bridgehead atoms. The van der Waals surface area contributed by atoms with Gasteiger partial charge in [0.1, 0.15) is 0 Å². The maximum atomic E-state index is 5.71. The lowest BCUT2D eigenvalue weighted by Gasteiger charge is -2.32. The van der Waals surface area contributed by atoms with E-state index >= 15 is 0 Å². The van der Waals surface area contributed by atoms with Gasteiger partial charge in [0.25, 0.3) is 0 Å². The maximum absolute atomic E-state index is 5.71. The zero-order chi connectivity index (χ0) is 11.1. The second-order valence-electron chi connectivity index (χ2n) is 4.77. The van der Waals surface area contributed by atoms with Gasteiger partial charge >= 0.3 is 0 Å². The minimum Gasteiger partial charge on any atom is -0.374 e. The predicted molar refractivity (Wildman–Crippen MR) is 64.2 cm³/mol. The fourth-order valence-corrected chi connectivity index (χ4v) is 1.84. The van der Waals surface area contributed by atoms with Crippen LogP contribution in [0.5, 0.6) is 0 Å². The number of ether oxygens (including phenoxy) is 1. The topological polar surface area (TPSA) is 24.5 Å². The van der Waals surface area contributed by atoms with Crippen molar-refractivity contribution in [3.63, 3.8) is 0 Å². The van der Waals surface area contributed by atoms with Gasteiger partial charge in [-0.25, -0.2) is 0 Å². The van der Waals surface area contributed by atoms with Crippen LogP contribution in [0.25, 0.3) is 0 Å². The van der Waals surface area contributed by atoms with Crippen molar-refractivity contribution in [3.8, 4) is 0 Å². The van der Waals surface area contributed by atoms with E-state index in [1.807, 2.05) is 0 Å². The molecule has 1 aliphatic heterocycles. The minimum atomic E-state index is 0.394. The number of morpholine rings is 1. The van der Waals surface area contributed by atoms with Gasteiger partial charge in [0.15, 0.2) is 0 Å². The van der Waals surface area contributed by atoms with Crippen molar-refractivity contribution in [2.24, 2.45) is 5.92 Å². The molecule has 15 heavy (non-hydrogen) atoms. The molecule has 0 aromatic heterocycles. The molecular weight excluding hydrogens is 188 g/mol. The smallest absolute Gasteiger partial charge is 0.0826 e. The molecule has 1 unspecified atom stereocenters. The van der Waals surface area contributed by atoms with E-state index in [0.29, 0.717) is 6.10 Å². The first-order chi connectivity index (χ1) is 7.22. The normalized spacial score (nSPS) is 23.6. The summed E-state index contributed by atoms with van der Waals surface area (Å²) in [7, 11) is 0. The van der Waals surface area contributed by atoms with Gasteiger partial charge in [-0.3, -0.25) is 4.90 Å². The van der Waals surface area contributed by atoms with E-state index in [0.717, 1.165) is 45.2 Å². The summed E-state index contributed by atoms with van der Waals surface area (Å²) in [4.78, 5) is 2.46. The molecule has 3 nitrogen and oxygen atoms in total. The summed E-state index contributed by atoms with van der Waals surface area (Å²) in [6, 6.07) is 0. The Labute approximate surface area is 94.2 Å². The molecule has 1 fully saturated rings. The number of hydrogen-bond acceptors (Lipinski definition) is 3. The zero-order valence-corrected chi connectivity index (χ0v) is 10.5. The monoisotopic (exact) mass is 214 g/mol. The molecule has 90 valence electrons. The Balaban J connectivity index is 2.05. The molecule has 1 rings (SSSR count). The van der Waals surface area contributed by atoms with Gasteiger partial charge in [0.2, 0.25) is 0 Å². The molecule has 1 aliphatic rings. The standard InChI is InChI=1S/C12H26N2O/c1-4-14-7-8-15-12(10-14)9-13-6-5-11(2)3/h11-13H,4-10H2,1-3H3. The molecule has 3 heteroatoms. The highest BCUT2D eigenvalue weighted by molar-refractivity contribution is 4.72. The summed E-state index contributed by atoms with van der Waals surface area (Å²) in [5, 5.41) is 3.48. The van der Waals surface area contributed by atoms with Crippen molar-refractivity contribution in [1.29, 1.82) is 0 Å². The molecule has 1 N–H and O–H groups in total. The Bertz CT molecular complexity index is 162. The lowest BCUT2D eigenvalue weighted by molar-refractivity contribution is -0.0252. The van der Waals surface area contributed by atoms with Crippen molar-refractivity contribution in [1.82, 2.24) is 10.2 Å². The van der Waals surface area contributed by atoms with E-state index in [2.05, 4.69) is 31.0 Å². The molecule has 0 aromatic rings. The predicted octanol–water partition coefficient (Wildman–Crippen LogP) is 1.34. The average Bonchev–Trinajstić information content (AvgIpc) is 2.24. The van der Waals surface area contributed by atoms with Crippen LogP contribution in [0.1, 0.15) is 27.2 Å². The van der Waals surface area contributed by atoms with E-state index in [1.54, 1.807) is 0 Å². The molecule has 0 spiro atoms. The number of likely N-dealkylation sites (N-methyl/N-ethyl adjacent to an activating group) is 1. The molecule has 0 aliphatic carbocycles. The summed E-state index contributed by atoms with van der Waals surface area (Å²) >= 11 is 0. The molecule has 1 atom stereocenters. The number of hydrogen-bond donors (Lipinski definition) is 1. The quantitative estimate of drug-likeness (QED) is 0.675. The van der Waals surface area contributed by atoms with Gasteiger partial charge in [-0.2, -0.15) is 0 Å². The van der Waals surface area contributed by atoms with Crippen molar-refractivity contribution >= 4 is 0 Å². The fourth-order valence-electron chi connectivity index (χ4n) is 1.84. The van der Waals surface area contributed by atoms with Crippen LogP contribution < -0.4 is 5.32 Å². The highest BCUT2D eigenvalue weighted by atomic mass is 16.5. The van der Waals surface area contributed by atoms with Crippen LogP contribution in [0.2, 0.25) is 0 Å². The van der Waals surface area contributed by atoms with Crippen LogP contribution >= 0.6 is 0 Å². The van der Waals surface area contributed by atoms with Gasteiger partial charge in [-0.15, -0.1) is 0 Å². The summed E-state index contributed by atoms with van der Waals surface area (Å²) in [6.45, 7) is 13.1. The van der Waals surface area contributed by atoms with E-state index < -0.39 is 0 Å². The second kappa shape index (κ2) is 7.20. The van der Waals surface area contributed by atoms with Crippen LogP contribution in [0, 0.1) is 5.92 Å². The van der Waals surface area contributed by atoms with E-state index in [4.69, 9.17) is 4.74 Å². The Morgan fingerprint density at radius 2 is 2.27 bits per heavy atom. The molecule has 0 aromatic carbocycles. The number of rotatable bonds is 6. The molecule has 0 radical (unpaired) electrons. The van der Waals surface area contributed by atoms with Crippen LogP contribution in [0.4, 0.5) is 0 Å². The minimum absolute atomic E-state index is 0.394. The van der Waals surface area contributed by atoms with Gasteiger partial charge in [0, 0.05) is 19.6 Å². The van der Waals surface area contributed by atoms with Crippen LogP contribution in [-0.2, 0) is 4.74 Å². The van der Waals surface area contributed by atoms with E-state index in [9.17, 15) is 0 Å². The van der Waals surface area contributed by atoms with E-state index in [-0.39, 0.29) is 0 Å². The number of nitrogens with one attached hydrogen (secondary N) is 1. The molecule has 1 heterocycles. The summed E-state index contributed by atoms with van der Waals surface area (Å²) < 4.78 is 5.71. The Kier molecular flexibility index (Phi) is 6.22. The van der Waals surface area contributed by atoms with Crippen LogP contribution in [0.15, 0.2) is 0 Å². The average molecular weight is 214 g/mol. The summed E-state index contributed by atoms with van der Waals surface area (Å²) in [5.74, 6) is 0.789. The largest absolute Gasteiger partial charge is 0.374 e. The van der Waals surface area contributed by atoms with Crippen molar-refractivity contribution in [3.05, 3.63) is 0 Å². The zero-order valence-electron chi connectivity index (χ0n) is 10.5. The van der Waals surface area contributed by atoms with Gasteiger partial charge in [-0.1, -0.05) is 20.8 Å². The third kappa shape index (κ3) is 5.50. The lowest BCUT2D eigenvalue weighted by atomic mass is 10.1. The molecular formula is C12H26N2O. The van der Waals surface area contributed by atoms with Crippen molar-refractivity contribution < 1.29 is 4.74 Å². The SMILES string of the molecule is CCN1CCOC(CNCCC(C)C)C1. The lowest BCUT2D eigenvalue weighted by Crippen LogP contribution is -2.46. The highest BCUT2D eigenvalue weighted by Gasteiger charge is 2.18. The third-order valence-electron chi connectivity index (χ3n) is 2.94. The Hall–Kier alpha value is -0.120. The second-order valence-corrected chi connectivity index (χ2v) is 4.77. The third-order valence-corrected chi connectivity index (χ3v) is 2.94. The first-order valence-corrected chi connectivity index (χ1v) is 6.27. The van der Waals surface area contributed by atoms with Crippen LogP contribution in [-0.4, -0.2) is 50.3 Å². The Morgan fingerprint density at radius 3 is 2.93 bits per heavy atom. The molecule has 1 saturated heterocycles. The maximum Gasteiger partial charge on any atom is 0.0826 e. The van der Waals surface area contributed by atoms with E-state index in [1.165, 1.54) is 6.42 Å². The van der Waals surface area contributed by atoms with Gasteiger partial charge < -0.3 is 10.1 Å². The summed E-state index contributed by atoms with van der Waals surface area (Å²) in [6.07, 6.45) is 1.65. The van der Waals surface area contributed by atoms with Crippen molar-refractivity contribution in [2.75, 3.05) is 39.3 Å². The highest BCUT2D eigenvalue weighted by Crippen LogP contribution is 2.04. The Morgan fingerprint density at radius 1 is 1.47 bits per heavy atom.